The van der Waals surface area contributed by atoms with Crippen LogP contribution in [0.1, 0.15) is 16.7 Å². The largest absolute Gasteiger partial charge is 0.314 e. The van der Waals surface area contributed by atoms with Gasteiger partial charge in [-0.2, -0.15) is 0 Å². The first kappa shape index (κ1) is 9.41. The van der Waals surface area contributed by atoms with Crippen LogP contribution in [0.3, 0.4) is 0 Å². The van der Waals surface area contributed by atoms with Crippen molar-refractivity contribution >= 4 is 30.7 Å². The maximum atomic E-state index is 4.43. The van der Waals surface area contributed by atoms with Gasteiger partial charge in [0, 0.05) is 6.54 Å². The van der Waals surface area contributed by atoms with Crippen molar-refractivity contribution in [3.05, 3.63) is 41.5 Å². The summed E-state index contributed by atoms with van der Waals surface area (Å²) in [6.07, 6.45) is 6.13. The molecular weight excluding hydrogens is 190 g/mol. The topological polar surface area (TPSA) is 3.24 Å². The number of rotatable bonds is 1. The molecule has 0 saturated carbocycles. The molecule has 1 aromatic carbocycles. The van der Waals surface area contributed by atoms with Crippen LogP contribution in [0.25, 0.3) is 12.2 Å². The minimum atomic E-state index is 0.865. The molecule has 2 rings (SSSR count). The zero-order chi connectivity index (χ0) is 10.1. The molecule has 0 atom stereocenters. The molecule has 0 bridgehead atoms. The van der Waals surface area contributed by atoms with Crippen molar-refractivity contribution in [2.75, 3.05) is 10.8 Å². The molecule has 0 radical (unpaired) electrons. The Kier molecular flexibility index (Phi) is 2.38. The fourth-order valence-corrected chi connectivity index (χ4v) is 2.17. The van der Waals surface area contributed by atoms with Gasteiger partial charge in [0.25, 0.3) is 0 Å². The minimum absolute atomic E-state index is 0.865. The maximum Gasteiger partial charge on any atom is 0.0573 e. The van der Waals surface area contributed by atoms with Gasteiger partial charge >= 0.3 is 0 Å². The standard InChI is InChI=1S/C12H13NS/c1-3-10-7-9(2)12-11(8-10)5-4-6-13(12)14/h3-5,7-8,14H,1,6H2,2H3. The van der Waals surface area contributed by atoms with Crippen LogP contribution >= 0.6 is 12.8 Å². The van der Waals surface area contributed by atoms with Crippen molar-refractivity contribution < 1.29 is 0 Å². The Labute approximate surface area is 90.3 Å². The monoisotopic (exact) mass is 203 g/mol. The Morgan fingerprint density at radius 3 is 3.00 bits per heavy atom. The third kappa shape index (κ3) is 1.46. The summed E-state index contributed by atoms with van der Waals surface area (Å²) >= 11 is 4.43. The van der Waals surface area contributed by atoms with E-state index in [1.54, 1.807) is 0 Å². The van der Waals surface area contributed by atoms with Crippen molar-refractivity contribution in [1.29, 1.82) is 0 Å². The van der Waals surface area contributed by atoms with Gasteiger partial charge in [0.2, 0.25) is 0 Å². The highest BCUT2D eigenvalue weighted by molar-refractivity contribution is 7.81. The van der Waals surface area contributed by atoms with Crippen molar-refractivity contribution in [1.82, 2.24) is 0 Å². The zero-order valence-corrected chi connectivity index (χ0v) is 9.09. The van der Waals surface area contributed by atoms with Gasteiger partial charge < -0.3 is 4.31 Å². The van der Waals surface area contributed by atoms with Crippen LogP contribution in [0.2, 0.25) is 0 Å². The second-order valence-electron chi connectivity index (χ2n) is 3.46. The van der Waals surface area contributed by atoms with E-state index in [4.69, 9.17) is 0 Å². The number of fused-ring (bicyclic) bond motifs is 1. The van der Waals surface area contributed by atoms with Crippen molar-refractivity contribution in [3.63, 3.8) is 0 Å². The fraction of sp³-hybridized carbons (Fsp3) is 0.167. The van der Waals surface area contributed by atoms with Gasteiger partial charge in [0.05, 0.1) is 5.69 Å². The second-order valence-corrected chi connectivity index (χ2v) is 3.95. The number of anilines is 1. The molecule has 72 valence electrons. The lowest BCUT2D eigenvalue weighted by Crippen LogP contribution is -2.15. The quantitative estimate of drug-likeness (QED) is 0.685. The van der Waals surface area contributed by atoms with E-state index in [2.05, 4.69) is 50.6 Å². The molecule has 1 aromatic rings. The van der Waals surface area contributed by atoms with Gasteiger partial charge in [0.1, 0.15) is 0 Å². The highest BCUT2D eigenvalue weighted by Gasteiger charge is 2.12. The Hall–Kier alpha value is -1.15. The highest BCUT2D eigenvalue weighted by Crippen LogP contribution is 2.32. The summed E-state index contributed by atoms with van der Waals surface area (Å²) in [4.78, 5) is 0. The van der Waals surface area contributed by atoms with E-state index in [1.165, 1.54) is 16.8 Å². The molecule has 0 spiro atoms. The summed E-state index contributed by atoms with van der Waals surface area (Å²) in [6.45, 7) is 6.75. The molecule has 0 unspecified atom stereocenters. The van der Waals surface area contributed by atoms with Crippen molar-refractivity contribution in [2.45, 2.75) is 6.92 Å². The summed E-state index contributed by atoms with van der Waals surface area (Å²) in [5, 5.41) is 0. The molecular formula is C12H13NS. The first-order chi connectivity index (χ1) is 6.72. The van der Waals surface area contributed by atoms with E-state index in [1.807, 2.05) is 10.4 Å². The van der Waals surface area contributed by atoms with Gasteiger partial charge in [-0.3, -0.25) is 0 Å². The normalized spacial score (nSPS) is 14.0. The second kappa shape index (κ2) is 3.54. The van der Waals surface area contributed by atoms with E-state index in [0.29, 0.717) is 0 Å². The van der Waals surface area contributed by atoms with Crippen LogP contribution < -0.4 is 4.31 Å². The lowest BCUT2D eigenvalue weighted by Gasteiger charge is -2.24. The first-order valence-corrected chi connectivity index (χ1v) is 5.02. The third-order valence-electron chi connectivity index (χ3n) is 2.42. The van der Waals surface area contributed by atoms with E-state index in [9.17, 15) is 0 Å². The number of hydrogen-bond acceptors (Lipinski definition) is 2. The van der Waals surface area contributed by atoms with Gasteiger partial charge in [-0.25, -0.2) is 0 Å². The molecule has 0 aliphatic carbocycles. The average Bonchev–Trinajstić information content (AvgIpc) is 2.17. The lowest BCUT2D eigenvalue weighted by atomic mass is 10.0. The van der Waals surface area contributed by atoms with Gasteiger partial charge in [0.15, 0.2) is 0 Å². The Morgan fingerprint density at radius 1 is 1.50 bits per heavy atom. The van der Waals surface area contributed by atoms with Crippen LogP contribution in [-0.2, 0) is 0 Å². The molecule has 0 fully saturated rings. The number of nitrogens with zero attached hydrogens (tertiary/aromatic N) is 1. The van der Waals surface area contributed by atoms with Crippen LogP contribution in [-0.4, -0.2) is 6.54 Å². The molecule has 1 heterocycles. The summed E-state index contributed by atoms with van der Waals surface area (Å²) in [5.41, 5.74) is 4.84. The highest BCUT2D eigenvalue weighted by atomic mass is 32.1. The Balaban J connectivity index is 2.63. The summed E-state index contributed by atoms with van der Waals surface area (Å²) in [5.74, 6) is 0. The number of benzene rings is 1. The van der Waals surface area contributed by atoms with Gasteiger partial charge in [-0.1, -0.05) is 37.6 Å². The lowest BCUT2D eigenvalue weighted by molar-refractivity contribution is 1.18. The molecule has 1 aliphatic rings. The van der Waals surface area contributed by atoms with Gasteiger partial charge in [-0.05, 0) is 35.7 Å². The van der Waals surface area contributed by atoms with Crippen LogP contribution in [0.4, 0.5) is 5.69 Å². The van der Waals surface area contributed by atoms with Crippen LogP contribution in [0, 0.1) is 6.92 Å². The molecule has 0 amide bonds. The number of aryl methyl sites for hydroxylation is 1. The SMILES string of the molecule is C=Cc1cc(C)c2c(c1)C=CCN2S. The Morgan fingerprint density at radius 2 is 2.29 bits per heavy atom. The molecule has 2 heteroatoms. The average molecular weight is 203 g/mol. The first-order valence-electron chi connectivity index (χ1n) is 4.62. The third-order valence-corrected chi connectivity index (χ3v) is 2.79. The summed E-state index contributed by atoms with van der Waals surface area (Å²) in [7, 11) is 0. The Bertz CT molecular complexity index is 407. The summed E-state index contributed by atoms with van der Waals surface area (Å²) in [6, 6.07) is 4.27. The van der Waals surface area contributed by atoms with E-state index >= 15 is 0 Å². The maximum absolute atomic E-state index is 4.43. The molecule has 0 saturated heterocycles. The van der Waals surface area contributed by atoms with E-state index in [0.717, 1.165) is 12.1 Å². The molecule has 0 aromatic heterocycles. The van der Waals surface area contributed by atoms with E-state index < -0.39 is 0 Å². The smallest absolute Gasteiger partial charge is 0.0573 e. The minimum Gasteiger partial charge on any atom is -0.314 e. The fourth-order valence-electron chi connectivity index (χ4n) is 1.80. The van der Waals surface area contributed by atoms with Gasteiger partial charge in [-0.15, -0.1) is 0 Å². The number of hydrogen-bond donors (Lipinski definition) is 1. The molecule has 1 aliphatic heterocycles. The van der Waals surface area contributed by atoms with Crippen molar-refractivity contribution in [2.24, 2.45) is 0 Å². The van der Waals surface area contributed by atoms with Crippen molar-refractivity contribution in [3.8, 4) is 0 Å². The zero-order valence-electron chi connectivity index (χ0n) is 8.20. The van der Waals surface area contributed by atoms with E-state index in [-0.39, 0.29) is 0 Å². The number of thiol groups is 1. The predicted octanol–water partition coefficient (Wildman–Crippen LogP) is 3.32. The van der Waals surface area contributed by atoms with Crippen LogP contribution in [0.15, 0.2) is 24.8 Å². The van der Waals surface area contributed by atoms with Crippen LogP contribution in [0.5, 0.6) is 0 Å². The molecule has 14 heavy (non-hydrogen) atoms. The molecule has 1 nitrogen and oxygen atoms in total. The predicted molar refractivity (Wildman–Crippen MR) is 66.6 cm³/mol. The summed E-state index contributed by atoms with van der Waals surface area (Å²) < 4.78 is 1.97. The molecule has 0 N–H and O–H groups in total.